The van der Waals surface area contributed by atoms with Gasteiger partial charge in [-0.1, -0.05) is 17.7 Å². The number of amides is 2. The molecule has 4 rings (SSSR count). The maximum absolute atomic E-state index is 13.2. The minimum atomic E-state index is -0.0999. The fourth-order valence-corrected chi connectivity index (χ4v) is 4.36. The Balaban J connectivity index is 1.46. The Labute approximate surface area is 160 Å². The molecule has 0 bridgehead atoms. The second kappa shape index (κ2) is 7.22. The van der Waals surface area contributed by atoms with E-state index in [1.54, 1.807) is 0 Å². The zero-order chi connectivity index (χ0) is 19.0. The van der Waals surface area contributed by atoms with Crippen molar-refractivity contribution in [2.75, 3.05) is 19.6 Å². The molecule has 1 aromatic carbocycles. The zero-order valence-electron chi connectivity index (χ0n) is 16.1. The highest BCUT2D eigenvalue weighted by molar-refractivity contribution is 5.94. The van der Waals surface area contributed by atoms with Crippen LogP contribution in [0.5, 0.6) is 0 Å². The first-order chi connectivity index (χ1) is 13.0. The number of aryl methyl sites for hydroxylation is 1. The second-order valence-electron chi connectivity index (χ2n) is 7.79. The maximum Gasteiger partial charge on any atom is 0.253 e. The lowest BCUT2D eigenvalue weighted by molar-refractivity contribution is -0.140. The SMILES string of the molecule is Cc1ccc(C(=O)N2CCC[C@@H](C(=O)N3CCn4cccc4[C@@H]3C)C2)cc1. The molecular weight excluding hydrogens is 338 g/mol. The van der Waals surface area contributed by atoms with Crippen LogP contribution in [0.2, 0.25) is 0 Å². The summed E-state index contributed by atoms with van der Waals surface area (Å²) in [7, 11) is 0. The Morgan fingerprint density at radius 1 is 1.04 bits per heavy atom. The molecule has 2 amide bonds. The molecule has 0 radical (unpaired) electrons. The lowest BCUT2D eigenvalue weighted by Gasteiger charge is -2.39. The van der Waals surface area contributed by atoms with Crippen molar-refractivity contribution in [3.8, 4) is 0 Å². The first kappa shape index (κ1) is 17.8. The topological polar surface area (TPSA) is 45.6 Å². The van der Waals surface area contributed by atoms with E-state index >= 15 is 0 Å². The van der Waals surface area contributed by atoms with Gasteiger partial charge in [0.25, 0.3) is 5.91 Å². The third-order valence-electron chi connectivity index (χ3n) is 5.98. The van der Waals surface area contributed by atoms with Gasteiger partial charge >= 0.3 is 0 Å². The van der Waals surface area contributed by atoms with Crippen LogP contribution in [0.15, 0.2) is 42.6 Å². The highest BCUT2D eigenvalue weighted by Crippen LogP contribution is 2.29. The lowest BCUT2D eigenvalue weighted by atomic mass is 9.94. The van der Waals surface area contributed by atoms with E-state index in [1.165, 1.54) is 5.69 Å². The van der Waals surface area contributed by atoms with Crippen LogP contribution in [-0.4, -0.2) is 45.8 Å². The predicted octanol–water partition coefficient (Wildman–Crippen LogP) is 3.25. The summed E-state index contributed by atoms with van der Waals surface area (Å²) in [5, 5.41) is 0. The van der Waals surface area contributed by atoms with E-state index < -0.39 is 0 Å². The van der Waals surface area contributed by atoms with Gasteiger partial charge in [-0.2, -0.15) is 0 Å². The monoisotopic (exact) mass is 365 g/mol. The molecule has 5 heteroatoms. The summed E-state index contributed by atoms with van der Waals surface area (Å²) in [6.45, 7) is 6.95. The van der Waals surface area contributed by atoms with E-state index in [9.17, 15) is 9.59 Å². The molecule has 2 aliphatic heterocycles. The molecular formula is C22H27N3O2. The molecule has 0 saturated carbocycles. The van der Waals surface area contributed by atoms with Crippen molar-refractivity contribution in [2.24, 2.45) is 5.92 Å². The van der Waals surface area contributed by atoms with E-state index in [2.05, 4.69) is 23.8 Å². The van der Waals surface area contributed by atoms with Crippen molar-refractivity contribution >= 4 is 11.8 Å². The highest BCUT2D eigenvalue weighted by atomic mass is 16.2. The van der Waals surface area contributed by atoms with Gasteiger partial charge in [-0.25, -0.2) is 0 Å². The number of carbonyl (C=O) groups is 2. The average molecular weight is 365 g/mol. The quantitative estimate of drug-likeness (QED) is 0.820. The Kier molecular flexibility index (Phi) is 4.77. The van der Waals surface area contributed by atoms with Gasteiger partial charge in [0, 0.05) is 43.6 Å². The number of hydrogen-bond donors (Lipinski definition) is 0. The van der Waals surface area contributed by atoms with E-state index in [4.69, 9.17) is 0 Å². The smallest absolute Gasteiger partial charge is 0.253 e. The Bertz CT molecular complexity index is 839. The van der Waals surface area contributed by atoms with Crippen LogP contribution < -0.4 is 0 Å². The molecule has 5 nitrogen and oxygen atoms in total. The fraction of sp³-hybridized carbons (Fsp3) is 0.455. The van der Waals surface area contributed by atoms with Crippen LogP contribution in [0, 0.1) is 12.8 Å². The average Bonchev–Trinajstić information content (AvgIpc) is 3.18. The molecule has 0 unspecified atom stereocenters. The summed E-state index contributed by atoms with van der Waals surface area (Å²) >= 11 is 0. The molecule has 27 heavy (non-hydrogen) atoms. The van der Waals surface area contributed by atoms with Crippen LogP contribution >= 0.6 is 0 Å². The van der Waals surface area contributed by atoms with Gasteiger partial charge in [0.1, 0.15) is 0 Å². The third kappa shape index (κ3) is 3.38. The molecule has 142 valence electrons. The van der Waals surface area contributed by atoms with E-state index in [0.29, 0.717) is 12.1 Å². The number of likely N-dealkylation sites (tertiary alicyclic amines) is 1. The number of rotatable bonds is 2. The number of fused-ring (bicyclic) bond motifs is 1. The summed E-state index contributed by atoms with van der Waals surface area (Å²) in [4.78, 5) is 29.9. The first-order valence-electron chi connectivity index (χ1n) is 9.86. The molecule has 0 spiro atoms. The van der Waals surface area contributed by atoms with E-state index in [1.807, 2.05) is 47.1 Å². The number of benzene rings is 1. The summed E-state index contributed by atoms with van der Waals surface area (Å²) in [5.74, 6) is 0.126. The van der Waals surface area contributed by atoms with Crippen molar-refractivity contribution in [3.05, 3.63) is 59.4 Å². The summed E-state index contributed by atoms with van der Waals surface area (Å²) in [5.41, 5.74) is 3.04. The maximum atomic E-state index is 13.2. The summed E-state index contributed by atoms with van der Waals surface area (Å²) in [6.07, 6.45) is 3.82. The number of carbonyl (C=O) groups excluding carboxylic acids is 2. The van der Waals surface area contributed by atoms with Crippen molar-refractivity contribution in [2.45, 2.75) is 39.3 Å². The van der Waals surface area contributed by atoms with Gasteiger partial charge < -0.3 is 14.4 Å². The minimum absolute atomic E-state index is 0.0352. The second-order valence-corrected chi connectivity index (χ2v) is 7.79. The molecule has 0 N–H and O–H groups in total. The minimum Gasteiger partial charge on any atom is -0.348 e. The Hall–Kier alpha value is -2.56. The molecule has 1 aromatic heterocycles. The van der Waals surface area contributed by atoms with Crippen molar-refractivity contribution in [3.63, 3.8) is 0 Å². The van der Waals surface area contributed by atoms with Gasteiger partial charge in [0.2, 0.25) is 5.91 Å². The van der Waals surface area contributed by atoms with Gasteiger partial charge in [-0.05, 0) is 51.0 Å². The van der Waals surface area contributed by atoms with E-state index in [0.717, 1.165) is 38.0 Å². The van der Waals surface area contributed by atoms with Crippen LogP contribution in [0.1, 0.15) is 47.4 Å². The third-order valence-corrected chi connectivity index (χ3v) is 5.98. The predicted molar refractivity (Wildman–Crippen MR) is 104 cm³/mol. The molecule has 3 heterocycles. The first-order valence-corrected chi connectivity index (χ1v) is 9.86. The highest BCUT2D eigenvalue weighted by Gasteiger charge is 2.35. The van der Waals surface area contributed by atoms with Gasteiger partial charge in [-0.15, -0.1) is 0 Å². The van der Waals surface area contributed by atoms with Crippen LogP contribution in [0.25, 0.3) is 0 Å². The zero-order valence-corrected chi connectivity index (χ0v) is 16.1. The number of piperidine rings is 1. The number of hydrogen-bond acceptors (Lipinski definition) is 2. The summed E-state index contributed by atoms with van der Waals surface area (Å²) in [6, 6.07) is 11.9. The van der Waals surface area contributed by atoms with Gasteiger partial charge in [-0.3, -0.25) is 9.59 Å². The molecule has 2 aromatic rings. The molecule has 1 fully saturated rings. The van der Waals surface area contributed by atoms with Gasteiger partial charge in [0.05, 0.1) is 12.0 Å². The van der Waals surface area contributed by atoms with Crippen molar-refractivity contribution < 1.29 is 9.59 Å². The van der Waals surface area contributed by atoms with Crippen LogP contribution in [0.4, 0.5) is 0 Å². The molecule has 0 aliphatic carbocycles. The largest absolute Gasteiger partial charge is 0.348 e. The number of nitrogens with zero attached hydrogens (tertiary/aromatic N) is 3. The normalized spacial score (nSPS) is 22.4. The molecule has 2 atom stereocenters. The van der Waals surface area contributed by atoms with Crippen LogP contribution in [0.3, 0.4) is 0 Å². The number of aromatic nitrogens is 1. The summed E-state index contributed by atoms with van der Waals surface area (Å²) < 4.78 is 2.22. The van der Waals surface area contributed by atoms with Crippen molar-refractivity contribution in [1.82, 2.24) is 14.4 Å². The molecule has 1 saturated heterocycles. The Morgan fingerprint density at radius 2 is 1.81 bits per heavy atom. The van der Waals surface area contributed by atoms with Crippen molar-refractivity contribution in [1.29, 1.82) is 0 Å². The molecule has 2 aliphatic rings. The lowest BCUT2D eigenvalue weighted by Crippen LogP contribution is -2.49. The van der Waals surface area contributed by atoms with Gasteiger partial charge in [0.15, 0.2) is 0 Å². The Morgan fingerprint density at radius 3 is 2.59 bits per heavy atom. The van der Waals surface area contributed by atoms with Crippen LogP contribution in [-0.2, 0) is 11.3 Å². The van der Waals surface area contributed by atoms with E-state index in [-0.39, 0.29) is 23.8 Å². The standard InChI is InChI=1S/C22H27N3O2/c1-16-7-9-18(10-8-16)21(26)24-12-3-5-19(15-24)22(27)25-14-13-23-11-4-6-20(23)17(25)2/h4,6-11,17,19H,3,5,12-15H2,1-2H3/t17-,19+/m0/s1. The fourth-order valence-electron chi connectivity index (χ4n) is 4.36.